The fourth-order valence-corrected chi connectivity index (χ4v) is 1.91. The maximum atomic E-state index is 9.78. The minimum absolute atomic E-state index is 0.518. The summed E-state index contributed by atoms with van der Waals surface area (Å²) in [6, 6.07) is 3.65. The van der Waals surface area contributed by atoms with E-state index in [0.717, 1.165) is 10.8 Å². The zero-order valence-electron chi connectivity index (χ0n) is 7.80. The molecule has 0 aliphatic heterocycles. The Labute approximate surface area is 86.0 Å². The standard InChI is InChI=1S/C10H11NO2S/c1-7-2-3-9(13-7)8(12)6-10-11-4-5-14-10/h2-5,8,12H,6H2,1H3. The maximum Gasteiger partial charge on any atom is 0.133 e. The number of hydrogen-bond donors (Lipinski definition) is 1. The van der Waals surface area contributed by atoms with E-state index >= 15 is 0 Å². The van der Waals surface area contributed by atoms with Crippen LogP contribution in [0, 0.1) is 6.92 Å². The van der Waals surface area contributed by atoms with E-state index in [4.69, 9.17) is 4.42 Å². The first-order valence-electron chi connectivity index (χ1n) is 4.38. The number of hydrogen-bond acceptors (Lipinski definition) is 4. The van der Waals surface area contributed by atoms with Crippen molar-refractivity contribution in [3.05, 3.63) is 40.2 Å². The van der Waals surface area contributed by atoms with Gasteiger partial charge >= 0.3 is 0 Å². The lowest BCUT2D eigenvalue weighted by atomic mass is 10.2. The molecule has 0 aromatic carbocycles. The van der Waals surface area contributed by atoms with Gasteiger partial charge in [0, 0.05) is 18.0 Å². The average molecular weight is 209 g/mol. The van der Waals surface area contributed by atoms with Gasteiger partial charge in [0.05, 0.1) is 5.01 Å². The molecule has 0 aliphatic rings. The van der Waals surface area contributed by atoms with Crippen LogP contribution in [-0.2, 0) is 6.42 Å². The third-order valence-corrected chi connectivity index (χ3v) is 2.74. The second-order valence-corrected chi connectivity index (χ2v) is 4.07. The summed E-state index contributed by atoms with van der Waals surface area (Å²) >= 11 is 1.54. The van der Waals surface area contributed by atoms with E-state index in [1.807, 2.05) is 18.4 Å². The molecule has 2 aromatic heterocycles. The first-order valence-corrected chi connectivity index (χ1v) is 5.26. The van der Waals surface area contributed by atoms with Gasteiger partial charge in [-0.2, -0.15) is 0 Å². The third kappa shape index (κ3) is 2.02. The molecule has 0 saturated carbocycles. The summed E-state index contributed by atoms with van der Waals surface area (Å²) < 4.78 is 5.32. The highest BCUT2D eigenvalue weighted by Crippen LogP contribution is 2.21. The molecule has 74 valence electrons. The first-order chi connectivity index (χ1) is 6.75. The summed E-state index contributed by atoms with van der Waals surface area (Å²) in [4.78, 5) is 4.11. The Hall–Kier alpha value is -1.13. The van der Waals surface area contributed by atoms with E-state index < -0.39 is 6.10 Å². The number of furan rings is 1. The number of aliphatic hydroxyl groups excluding tert-OH is 1. The topological polar surface area (TPSA) is 46.3 Å². The van der Waals surface area contributed by atoms with E-state index in [2.05, 4.69) is 4.98 Å². The van der Waals surface area contributed by atoms with Crippen molar-refractivity contribution in [2.75, 3.05) is 0 Å². The molecule has 0 aliphatic carbocycles. The molecule has 0 bridgehead atoms. The predicted octanol–water partition coefficient (Wildman–Crippen LogP) is 2.32. The fourth-order valence-electron chi connectivity index (χ4n) is 1.25. The molecule has 0 fully saturated rings. The van der Waals surface area contributed by atoms with Crippen LogP contribution in [0.5, 0.6) is 0 Å². The second-order valence-electron chi connectivity index (χ2n) is 3.09. The smallest absolute Gasteiger partial charge is 0.133 e. The Morgan fingerprint density at radius 2 is 2.43 bits per heavy atom. The number of rotatable bonds is 3. The second kappa shape index (κ2) is 3.94. The van der Waals surface area contributed by atoms with Crippen LogP contribution in [0.3, 0.4) is 0 Å². The number of aromatic nitrogens is 1. The summed E-state index contributed by atoms with van der Waals surface area (Å²) in [6.45, 7) is 1.86. The van der Waals surface area contributed by atoms with Gasteiger partial charge in [-0.1, -0.05) is 0 Å². The highest BCUT2D eigenvalue weighted by atomic mass is 32.1. The number of aryl methyl sites for hydroxylation is 1. The minimum Gasteiger partial charge on any atom is -0.464 e. The summed E-state index contributed by atoms with van der Waals surface area (Å²) in [5.41, 5.74) is 0. The molecule has 2 aromatic rings. The van der Waals surface area contributed by atoms with Crippen LogP contribution in [0.1, 0.15) is 22.6 Å². The lowest BCUT2D eigenvalue weighted by molar-refractivity contribution is 0.148. The Kier molecular flexibility index (Phi) is 2.65. The van der Waals surface area contributed by atoms with Gasteiger partial charge in [0.1, 0.15) is 17.6 Å². The molecule has 2 rings (SSSR count). The molecule has 1 atom stereocenters. The highest BCUT2D eigenvalue weighted by molar-refractivity contribution is 7.09. The molecule has 0 saturated heterocycles. The molecule has 1 N–H and O–H groups in total. The van der Waals surface area contributed by atoms with Gasteiger partial charge in [0.15, 0.2) is 0 Å². The molecule has 14 heavy (non-hydrogen) atoms. The Balaban J connectivity index is 2.06. The largest absolute Gasteiger partial charge is 0.464 e. The van der Waals surface area contributed by atoms with Crippen LogP contribution in [0.25, 0.3) is 0 Å². The SMILES string of the molecule is Cc1ccc(C(O)Cc2nccs2)o1. The van der Waals surface area contributed by atoms with Gasteiger partial charge in [-0.15, -0.1) is 11.3 Å². The van der Waals surface area contributed by atoms with Gasteiger partial charge in [-0.25, -0.2) is 4.98 Å². The average Bonchev–Trinajstić information content (AvgIpc) is 2.75. The summed E-state index contributed by atoms with van der Waals surface area (Å²) in [6.07, 6.45) is 1.67. The van der Waals surface area contributed by atoms with Crippen LogP contribution in [-0.4, -0.2) is 10.1 Å². The monoisotopic (exact) mass is 209 g/mol. The summed E-state index contributed by atoms with van der Waals surface area (Å²) in [5, 5.41) is 12.6. The van der Waals surface area contributed by atoms with Gasteiger partial charge in [0.25, 0.3) is 0 Å². The molecular weight excluding hydrogens is 198 g/mol. The summed E-state index contributed by atoms with van der Waals surface area (Å²) in [5.74, 6) is 1.43. The number of thiazole rings is 1. The van der Waals surface area contributed by atoms with Gasteiger partial charge < -0.3 is 9.52 Å². The first kappa shape index (κ1) is 9.43. The predicted molar refractivity (Wildman–Crippen MR) is 54.2 cm³/mol. The Morgan fingerprint density at radius 1 is 1.57 bits per heavy atom. The quantitative estimate of drug-likeness (QED) is 0.843. The Bertz CT molecular complexity index is 394. The molecule has 2 heterocycles. The van der Waals surface area contributed by atoms with Crippen LogP contribution in [0.4, 0.5) is 0 Å². The zero-order valence-corrected chi connectivity index (χ0v) is 8.62. The van der Waals surface area contributed by atoms with Crippen LogP contribution < -0.4 is 0 Å². The number of aliphatic hydroxyl groups is 1. The maximum absolute atomic E-state index is 9.78. The van der Waals surface area contributed by atoms with Crippen molar-refractivity contribution in [3.8, 4) is 0 Å². The molecule has 3 nitrogen and oxygen atoms in total. The minimum atomic E-state index is -0.588. The summed E-state index contributed by atoms with van der Waals surface area (Å²) in [7, 11) is 0. The van der Waals surface area contributed by atoms with E-state index in [0.29, 0.717) is 12.2 Å². The van der Waals surface area contributed by atoms with Crippen molar-refractivity contribution >= 4 is 11.3 Å². The highest BCUT2D eigenvalue weighted by Gasteiger charge is 2.13. The van der Waals surface area contributed by atoms with Crippen LogP contribution >= 0.6 is 11.3 Å². The third-order valence-electron chi connectivity index (χ3n) is 1.94. The molecule has 4 heteroatoms. The molecular formula is C10H11NO2S. The van der Waals surface area contributed by atoms with Crippen molar-refractivity contribution in [1.29, 1.82) is 0 Å². The van der Waals surface area contributed by atoms with Crippen LogP contribution in [0.2, 0.25) is 0 Å². The fraction of sp³-hybridized carbons (Fsp3) is 0.300. The molecule has 1 unspecified atom stereocenters. The van der Waals surface area contributed by atoms with Crippen molar-refractivity contribution in [2.24, 2.45) is 0 Å². The van der Waals surface area contributed by atoms with E-state index in [1.165, 1.54) is 11.3 Å². The molecule has 0 radical (unpaired) electrons. The normalized spacial score (nSPS) is 13.0. The van der Waals surface area contributed by atoms with Gasteiger partial charge in [0.2, 0.25) is 0 Å². The van der Waals surface area contributed by atoms with Crippen molar-refractivity contribution in [1.82, 2.24) is 4.98 Å². The van der Waals surface area contributed by atoms with E-state index in [-0.39, 0.29) is 0 Å². The molecule has 0 amide bonds. The van der Waals surface area contributed by atoms with Crippen LogP contribution in [0.15, 0.2) is 28.1 Å². The lowest BCUT2D eigenvalue weighted by Crippen LogP contribution is -1.99. The van der Waals surface area contributed by atoms with Gasteiger partial charge in [-0.3, -0.25) is 0 Å². The zero-order chi connectivity index (χ0) is 9.97. The molecule has 0 spiro atoms. The van der Waals surface area contributed by atoms with Crippen molar-refractivity contribution in [2.45, 2.75) is 19.4 Å². The van der Waals surface area contributed by atoms with E-state index in [9.17, 15) is 5.11 Å². The number of nitrogens with zero attached hydrogens (tertiary/aromatic N) is 1. The van der Waals surface area contributed by atoms with E-state index in [1.54, 1.807) is 12.3 Å². The lowest BCUT2D eigenvalue weighted by Gasteiger charge is -2.04. The van der Waals surface area contributed by atoms with Crippen molar-refractivity contribution in [3.63, 3.8) is 0 Å². The van der Waals surface area contributed by atoms with Crippen molar-refractivity contribution < 1.29 is 9.52 Å². The van der Waals surface area contributed by atoms with Gasteiger partial charge in [-0.05, 0) is 19.1 Å². The Morgan fingerprint density at radius 3 is 3.00 bits per heavy atom.